The van der Waals surface area contributed by atoms with Crippen LogP contribution in [0.25, 0.3) is 0 Å². The standard InChI is InChI=1S/C20H22N4S2/c1-23-18(21-22-20(23)25)14-26-17-12-24(13-17)19(15-8-4-2-5-9-15)16-10-6-3-7-11-16/h2-11,17,19H,12-14H2,1H3,(H,22,25). The number of quaternary nitrogens is 1. The second-order valence-electron chi connectivity index (χ2n) is 6.71. The van der Waals surface area contributed by atoms with Gasteiger partial charge in [-0.25, -0.2) is 0 Å². The number of likely N-dealkylation sites (tertiary alicyclic amines) is 1. The molecule has 1 N–H and O–H groups in total. The van der Waals surface area contributed by atoms with Crippen LogP contribution in [0.1, 0.15) is 23.0 Å². The molecule has 6 heteroatoms. The maximum Gasteiger partial charge on any atom is 0.141 e. The summed E-state index contributed by atoms with van der Waals surface area (Å²) >= 11 is 7.10. The van der Waals surface area contributed by atoms with Crippen LogP contribution in [-0.2, 0) is 25.4 Å². The van der Waals surface area contributed by atoms with E-state index in [1.54, 1.807) is 4.90 Å². The molecule has 0 unspecified atom stereocenters. The van der Waals surface area contributed by atoms with Crippen molar-refractivity contribution in [2.24, 2.45) is 7.05 Å². The molecule has 1 fully saturated rings. The number of nitrogens with one attached hydrogen (secondary N) is 1. The summed E-state index contributed by atoms with van der Waals surface area (Å²) in [6.45, 7) is 2.33. The lowest BCUT2D eigenvalue weighted by Crippen LogP contribution is -3.21. The van der Waals surface area contributed by atoms with Gasteiger partial charge in [0, 0.05) is 23.3 Å². The van der Waals surface area contributed by atoms with Crippen molar-refractivity contribution in [2.45, 2.75) is 22.2 Å². The van der Waals surface area contributed by atoms with Crippen molar-refractivity contribution in [3.8, 4) is 0 Å². The fourth-order valence-corrected chi connectivity index (χ4v) is 4.94. The van der Waals surface area contributed by atoms with Gasteiger partial charge in [0.2, 0.25) is 0 Å². The zero-order chi connectivity index (χ0) is 17.9. The largest absolute Gasteiger partial charge is 0.740 e. The molecule has 1 aromatic heterocycles. The maximum absolute atomic E-state index is 5.13. The Morgan fingerprint density at radius 1 is 1.04 bits per heavy atom. The second kappa shape index (κ2) is 7.78. The lowest BCUT2D eigenvalue weighted by Gasteiger charge is -2.40. The summed E-state index contributed by atoms with van der Waals surface area (Å²) in [6, 6.07) is 22.1. The fraction of sp³-hybridized carbons (Fsp3) is 0.300. The van der Waals surface area contributed by atoms with E-state index in [1.807, 2.05) is 23.4 Å². The van der Waals surface area contributed by atoms with Gasteiger partial charge in [-0.15, -0.1) is 16.9 Å². The van der Waals surface area contributed by atoms with Gasteiger partial charge < -0.3 is 22.1 Å². The van der Waals surface area contributed by atoms with Crippen LogP contribution in [0.4, 0.5) is 0 Å². The van der Waals surface area contributed by atoms with Crippen molar-refractivity contribution in [3.05, 3.63) is 77.6 Å². The van der Waals surface area contributed by atoms with Gasteiger partial charge in [0.1, 0.15) is 17.1 Å². The zero-order valence-electron chi connectivity index (χ0n) is 14.7. The Hall–Kier alpha value is -1.89. The molecule has 1 aliphatic heterocycles. The molecular weight excluding hydrogens is 360 g/mol. The molecule has 0 saturated carbocycles. The topological polar surface area (TPSA) is 35.1 Å². The average molecular weight is 383 g/mol. The second-order valence-corrected chi connectivity index (χ2v) is 8.37. The van der Waals surface area contributed by atoms with Crippen LogP contribution in [0.5, 0.6) is 0 Å². The first-order valence-electron chi connectivity index (χ1n) is 8.83. The van der Waals surface area contributed by atoms with E-state index in [0.29, 0.717) is 16.4 Å². The quantitative estimate of drug-likeness (QED) is 0.662. The molecule has 26 heavy (non-hydrogen) atoms. The van der Waals surface area contributed by atoms with Crippen LogP contribution in [0.2, 0.25) is 0 Å². The van der Waals surface area contributed by atoms with Gasteiger partial charge in [0.25, 0.3) is 0 Å². The van der Waals surface area contributed by atoms with E-state index in [1.165, 1.54) is 11.1 Å². The van der Waals surface area contributed by atoms with Crippen LogP contribution in [0.3, 0.4) is 0 Å². The highest BCUT2D eigenvalue weighted by atomic mass is 32.2. The molecule has 2 aromatic carbocycles. The van der Waals surface area contributed by atoms with Crippen molar-refractivity contribution in [2.75, 3.05) is 13.1 Å². The van der Waals surface area contributed by atoms with E-state index < -0.39 is 0 Å². The normalized spacial score (nSPS) is 19.5. The summed E-state index contributed by atoms with van der Waals surface area (Å²) in [7, 11) is 1.94. The molecular formula is C20H22N4S2. The van der Waals surface area contributed by atoms with Crippen LogP contribution >= 0.6 is 11.8 Å². The summed E-state index contributed by atoms with van der Waals surface area (Å²) in [5.74, 6) is 1.84. The van der Waals surface area contributed by atoms with E-state index in [4.69, 9.17) is 12.6 Å². The Labute approximate surface area is 164 Å². The van der Waals surface area contributed by atoms with Crippen molar-refractivity contribution in [3.63, 3.8) is 0 Å². The lowest BCUT2D eigenvalue weighted by atomic mass is 9.94. The molecule has 0 amide bonds. The predicted molar refractivity (Wildman–Crippen MR) is 107 cm³/mol. The van der Waals surface area contributed by atoms with Crippen LogP contribution in [0, 0.1) is 0 Å². The highest BCUT2D eigenvalue weighted by molar-refractivity contribution is 7.99. The third-order valence-corrected chi connectivity index (χ3v) is 6.61. The minimum atomic E-state index is 0.406. The minimum Gasteiger partial charge on any atom is -0.740 e. The third kappa shape index (κ3) is 3.63. The van der Waals surface area contributed by atoms with Crippen molar-refractivity contribution in [1.82, 2.24) is 14.8 Å². The van der Waals surface area contributed by atoms with Gasteiger partial charge in [-0.1, -0.05) is 60.7 Å². The number of hydrogen-bond donors (Lipinski definition) is 1. The Morgan fingerprint density at radius 3 is 2.12 bits per heavy atom. The van der Waals surface area contributed by atoms with Crippen LogP contribution in [0.15, 0.2) is 65.8 Å². The Balaban J connectivity index is 1.42. The molecule has 0 bridgehead atoms. The van der Waals surface area contributed by atoms with Gasteiger partial charge >= 0.3 is 0 Å². The Morgan fingerprint density at radius 2 is 1.62 bits per heavy atom. The van der Waals surface area contributed by atoms with Gasteiger partial charge in [-0.2, -0.15) is 5.10 Å². The monoisotopic (exact) mass is 382 g/mol. The number of benzene rings is 2. The first-order valence-corrected chi connectivity index (χ1v) is 10.3. The smallest absolute Gasteiger partial charge is 0.141 e. The highest BCUT2D eigenvalue weighted by Crippen LogP contribution is 2.24. The third-order valence-electron chi connectivity index (χ3n) is 5.03. The molecule has 1 aliphatic rings. The lowest BCUT2D eigenvalue weighted by molar-refractivity contribution is -0.960. The molecule has 0 aliphatic carbocycles. The number of aromatic nitrogens is 3. The molecule has 2 heterocycles. The van der Waals surface area contributed by atoms with Gasteiger partial charge in [-0.3, -0.25) is 0 Å². The highest BCUT2D eigenvalue weighted by Gasteiger charge is 2.38. The molecule has 0 spiro atoms. The molecule has 4 rings (SSSR count). The van der Waals surface area contributed by atoms with E-state index in [9.17, 15) is 0 Å². The Kier molecular flexibility index (Phi) is 5.24. The number of hydrogen-bond acceptors (Lipinski definition) is 4. The van der Waals surface area contributed by atoms with Crippen molar-refractivity contribution < 1.29 is 4.90 Å². The van der Waals surface area contributed by atoms with Crippen molar-refractivity contribution in [1.29, 1.82) is 0 Å². The minimum absolute atomic E-state index is 0.406. The molecule has 0 radical (unpaired) electrons. The first-order chi connectivity index (χ1) is 12.7. The molecule has 0 atom stereocenters. The van der Waals surface area contributed by atoms with Crippen LogP contribution < -0.4 is 4.90 Å². The molecule has 134 valence electrons. The molecule has 4 nitrogen and oxygen atoms in total. The fourth-order valence-electron chi connectivity index (χ4n) is 3.50. The summed E-state index contributed by atoms with van der Waals surface area (Å²) in [4.78, 5) is 1.63. The zero-order valence-corrected chi connectivity index (χ0v) is 16.3. The van der Waals surface area contributed by atoms with E-state index in [-0.39, 0.29) is 0 Å². The van der Waals surface area contributed by atoms with E-state index >= 15 is 0 Å². The van der Waals surface area contributed by atoms with Gasteiger partial charge in [0.05, 0.1) is 18.8 Å². The SMILES string of the molecule is Cn1c([S-])nnc1CSC1C[NH+](C(c2ccccc2)c2ccccc2)C1. The summed E-state index contributed by atoms with van der Waals surface area (Å²) in [5.41, 5.74) is 2.78. The summed E-state index contributed by atoms with van der Waals surface area (Å²) in [5, 5.41) is 9.37. The number of rotatable bonds is 6. The number of thioether (sulfide) groups is 1. The number of nitrogens with zero attached hydrogens (tertiary/aromatic N) is 3. The van der Waals surface area contributed by atoms with E-state index in [0.717, 1.165) is 24.7 Å². The van der Waals surface area contributed by atoms with Gasteiger partial charge in [0.15, 0.2) is 0 Å². The molecule has 1 saturated heterocycles. The van der Waals surface area contributed by atoms with Gasteiger partial charge in [-0.05, 0) is 0 Å². The van der Waals surface area contributed by atoms with Crippen molar-refractivity contribution >= 4 is 24.4 Å². The predicted octanol–water partition coefficient (Wildman–Crippen LogP) is 2.01. The maximum atomic E-state index is 5.13. The van der Waals surface area contributed by atoms with E-state index in [2.05, 4.69) is 70.9 Å². The summed E-state index contributed by atoms with van der Waals surface area (Å²) < 4.78 is 1.91. The molecule has 3 aromatic rings. The summed E-state index contributed by atoms with van der Waals surface area (Å²) in [6.07, 6.45) is 0. The first kappa shape index (κ1) is 17.5. The average Bonchev–Trinajstić information content (AvgIpc) is 2.97. The van der Waals surface area contributed by atoms with Crippen LogP contribution in [-0.4, -0.2) is 33.1 Å². The Bertz CT molecular complexity index is 805.